The molecule has 2 aliphatic rings. The van der Waals surface area contributed by atoms with Crippen LogP contribution in [0.5, 0.6) is 0 Å². The Kier molecular flexibility index (Phi) is 5.07. The molecule has 0 aromatic carbocycles. The zero-order valence-corrected chi connectivity index (χ0v) is 10.4. The first-order chi connectivity index (χ1) is 7.88. The third-order valence-electron chi connectivity index (χ3n) is 3.69. The predicted octanol–water partition coefficient (Wildman–Crippen LogP) is 2.31. The van der Waals surface area contributed by atoms with Gasteiger partial charge in [0.15, 0.2) is 6.29 Å². The van der Waals surface area contributed by atoms with Gasteiger partial charge < -0.3 is 14.8 Å². The van der Waals surface area contributed by atoms with Crippen molar-refractivity contribution in [3.05, 3.63) is 0 Å². The van der Waals surface area contributed by atoms with E-state index in [9.17, 15) is 0 Å². The zero-order chi connectivity index (χ0) is 11.2. The van der Waals surface area contributed by atoms with Gasteiger partial charge in [0.1, 0.15) is 0 Å². The fourth-order valence-corrected chi connectivity index (χ4v) is 2.52. The summed E-state index contributed by atoms with van der Waals surface area (Å²) < 4.78 is 11.1. The average Bonchev–Trinajstić information content (AvgIpc) is 2.72. The molecule has 1 aliphatic heterocycles. The van der Waals surface area contributed by atoms with Crippen molar-refractivity contribution in [2.45, 2.75) is 57.8 Å². The van der Waals surface area contributed by atoms with Crippen molar-refractivity contribution in [1.82, 2.24) is 5.32 Å². The molecule has 0 spiro atoms. The number of hydrogen-bond donors (Lipinski definition) is 1. The normalized spacial score (nSPS) is 24.6. The molecule has 0 radical (unpaired) electrons. The lowest BCUT2D eigenvalue weighted by molar-refractivity contribution is -0.0546. The molecule has 94 valence electrons. The van der Waals surface area contributed by atoms with E-state index in [-0.39, 0.29) is 6.29 Å². The van der Waals surface area contributed by atoms with E-state index in [4.69, 9.17) is 9.47 Å². The van der Waals surface area contributed by atoms with E-state index in [0.717, 1.165) is 32.1 Å². The lowest BCUT2D eigenvalue weighted by Gasteiger charge is -2.31. The van der Waals surface area contributed by atoms with Crippen molar-refractivity contribution in [2.75, 3.05) is 19.8 Å². The second-order valence-electron chi connectivity index (χ2n) is 5.09. The molecule has 1 heterocycles. The average molecular weight is 227 g/mol. The van der Waals surface area contributed by atoms with Crippen molar-refractivity contribution in [3.63, 3.8) is 0 Å². The van der Waals surface area contributed by atoms with Crippen molar-refractivity contribution in [3.8, 4) is 0 Å². The van der Waals surface area contributed by atoms with Crippen molar-refractivity contribution < 1.29 is 9.47 Å². The predicted molar refractivity (Wildman–Crippen MR) is 64.3 cm³/mol. The lowest BCUT2D eigenvalue weighted by Crippen LogP contribution is -2.36. The number of nitrogens with one attached hydrogen (secondary N) is 1. The Bertz CT molecular complexity index is 188. The van der Waals surface area contributed by atoms with Crippen LogP contribution in [0.2, 0.25) is 0 Å². The van der Waals surface area contributed by atoms with Gasteiger partial charge in [0.2, 0.25) is 0 Å². The first-order valence-electron chi connectivity index (χ1n) is 6.85. The highest BCUT2D eigenvalue weighted by Crippen LogP contribution is 2.31. The van der Waals surface area contributed by atoms with Gasteiger partial charge in [-0.05, 0) is 25.3 Å². The standard InChI is InChI=1S/C13H25NO2/c1-2-6-14-12(9-11-4-3-5-11)10-13-15-7-8-16-13/h11-14H,2-10H2,1H3. The number of ether oxygens (including phenoxy) is 2. The molecule has 1 atom stereocenters. The van der Waals surface area contributed by atoms with E-state index in [1.54, 1.807) is 0 Å². The fraction of sp³-hybridized carbons (Fsp3) is 1.00. The fourth-order valence-electron chi connectivity index (χ4n) is 2.52. The Hall–Kier alpha value is -0.120. The minimum absolute atomic E-state index is 0.0504. The summed E-state index contributed by atoms with van der Waals surface area (Å²) in [6.45, 7) is 4.88. The maximum absolute atomic E-state index is 5.53. The molecule has 0 aromatic heterocycles. The lowest BCUT2D eigenvalue weighted by atomic mass is 9.80. The van der Waals surface area contributed by atoms with E-state index in [1.165, 1.54) is 32.1 Å². The van der Waals surface area contributed by atoms with Gasteiger partial charge in [0, 0.05) is 12.5 Å². The topological polar surface area (TPSA) is 30.5 Å². The van der Waals surface area contributed by atoms with Crippen LogP contribution in [0.3, 0.4) is 0 Å². The highest BCUT2D eigenvalue weighted by atomic mass is 16.7. The van der Waals surface area contributed by atoms with E-state index < -0.39 is 0 Å². The highest BCUT2D eigenvalue weighted by Gasteiger charge is 2.26. The van der Waals surface area contributed by atoms with Crippen LogP contribution in [0.4, 0.5) is 0 Å². The molecule has 0 aromatic rings. The van der Waals surface area contributed by atoms with Crippen molar-refractivity contribution in [1.29, 1.82) is 0 Å². The summed E-state index contributed by atoms with van der Waals surface area (Å²) in [7, 11) is 0. The summed E-state index contributed by atoms with van der Waals surface area (Å²) in [6.07, 6.45) is 7.87. The summed E-state index contributed by atoms with van der Waals surface area (Å²) in [5.74, 6) is 0.954. The van der Waals surface area contributed by atoms with Gasteiger partial charge >= 0.3 is 0 Å². The summed E-state index contributed by atoms with van der Waals surface area (Å²) >= 11 is 0. The summed E-state index contributed by atoms with van der Waals surface area (Å²) in [5.41, 5.74) is 0. The van der Waals surface area contributed by atoms with Gasteiger partial charge in [-0.3, -0.25) is 0 Å². The van der Waals surface area contributed by atoms with E-state index >= 15 is 0 Å². The minimum atomic E-state index is 0.0504. The van der Waals surface area contributed by atoms with E-state index in [1.807, 2.05) is 0 Å². The molecule has 1 unspecified atom stereocenters. The van der Waals surface area contributed by atoms with Gasteiger partial charge in [0.05, 0.1) is 13.2 Å². The van der Waals surface area contributed by atoms with Crippen LogP contribution in [0.1, 0.15) is 45.4 Å². The quantitative estimate of drug-likeness (QED) is 0.724. The molecule has 2 fully saturated rings. The molecule has 1 N–H and O–H groups in total. The molecular formula is C13H25NO2. The largest absolute Gasteiger partial charge is 0.350 e. The van der Waals surface area contributed by atoms with Crippen LogP contribution >= 0.6 is 0 Å². The van der Waals surface area contributed by atoms with Gasteiger partial charge in [-0.25, -0.2) is 0 Å². The monoisotopic (exact) mass is 227 g/mol. The molecule has 2 rings (SSSR count). The van der Waals surface area contributed by atoms with Crippen LogP contribution in [-0.4, -0.2) is 32.1 Å². The Labute approximate surface area is 98.9 Å². The Morgan fingerprint density at radius 2 is 1.94 bits per heavy atom. The van der Waals surface area contributed by atoms with Crippen LogP contribution in [0, 0.1) is 5.92 Å². The van der Waals surface area contributed by atoms with Gasteiger partial charge in [-0.15, -0.1) is 0 Å². The van der Waals surface area contributed by atoms with E-state index in [0.29, 0.717) is 6.04 Å². The van der Waals surface area contributed by atoms with Gasteiger partial charge in [0.25, 0.3) is 0 Å². The molecule has 0 bridgehead atoms. The Morgan fingerprint density at radius 1 is 1.19 bits per heavy atom. The molecule has 1 saturated carbocycles. The molecule has 16 heavy (non-hydrogen) atoms. The molecule has 0 amide bonds. The third-order valence-corrected chi connectivity index (χ3v) is 3.69. The van der Waals surface area contributed by atoms with E-state index in [2.05, 4.69) is 12.2 Å². The number of hydrogen-bond acceptors (Lipinski definition) is 3. The van der Waals surface area contributed by atoms with Crippen LogP contribution < -0.4 is 5.32 Å². The second kappa shape index (κ2) is 6.58. The second-order valence-corrected chi connectivity index (χ2v) is 5.09. The summed E-state index contributed by atoms with van der Waals surface area (Å²) in [5, 5.41) is 3.64. The van der Waals surface area contributed by atoms with Crippen LogP contribution in [-0.2, 0) is 9.47 Å². The Balaban J connectivity index is 1.70. The third kappa shape index (κ3) is 3.72. The zero-order valence-electron chi connectivity index (χ0n) is 10.4. The maximum atomic E-state index is 5.53. The van der Waals surface area contributed by atoms with Crippen LogP contribution in [0.15, 0.2) is 0 Å². The smallest absolute Gasteiger partial charge is 0.159 e. The SMILES string of the molecule is CCCNC(CC1CCC1)CC1OCCO1. The van der Waals surface area contributed by atoms with Gasteiger partial charge in [-0.1, -0.05) is 26.2 Å². The molecule has 1 saturated heterocycles. The van der Waals surface area contributed by atoms with Crippen molar-refractivity contribution >= 4 is 0 Å². The Morgan fingerprint density at radius 3 is 2.50 bits per heavy atom. The maximum Gasteiger partial charge on any atom is 0.159 e. The van der Waals surface area contributed by atoms with Crippen molar-refractivity contribution in [2.24, 2.45) is 5.92 Å². The first-order valence-corrected chi connectivity index (χ1v) is 6.85. The molecule has 3 nitrogen and oxygen atoms in total. The summed E-state index contributed by atoms with van der Waals surface area (Å²) in [6, 6.07) is 0.591. The molecular weight excluding hydrogens is 202 g/mol. The molecule has 1 aliphatic carbocycles. The summed E-state index contributed by atoms with van der Waals surface area (Å²) in [4.78, 5) is 0. The molecule has 3 heteroatoms. The first kappa shape index (κ1) is 12.3. The van der Waals surface area contributed by atoms with Gasteiger partial charge in [-0.2, -0.15) is 0 Å². The van der Waals surface area contributed by atoms with Crippen LogP contribution in [0.25, 0.3) is 0 Å². The number of rotatable bonds is 7. The highest BCUT2D eigenvalue weighted by molar-refractivity contribution is 4.78. The minimum Gasteiger partial charge on any atom is -0.350 e.